The SMILES string of the molecule is COc1cc(/C=C(\C#N)C(=O)Nc2ccc(C)cc2)cc(Cl)c1OS(=O)(=O)c1ccc(NC(C)=O)cc1. The summed E-state index contributed by atoms with van der Waals surface area (Å²) in [4.78, 5) is 23.6. The van der Waals surface area contributed by atoms with Crippen LogP contribution in [0.1, 0.15) is 18.1 Å². The van der Waals surface area contributed by atoms with E-state index in [-0.39, 0.29) is 32.9 Å². The Balaban J connectivity index is 1.87. The summed E-state index contributed by atoms with van der Waals surface area (Å²) in [5.74, 6) is -1.24. The zero-order valence-electron chi connectivity index (χ0n) is 20.0. The zero-order chi connectivity index (χ0) is 27.2. The van der Waals surface area contributed by atoms with Crippen molar-refractivity contribution in [3.8, 4) is 17.6 Å². The van der Waals surface area contributed by atoms with E-state index in [0.29, 0.717) is 16.9 Å². The van der Waals surface area contributed by atoms with Crippen LogP contribution in [0.3, 0.4) is 0 Å². The number of ether oxygens (including phenoxy) is 1. The number of nitrogens with one attached hydrogen (secondary N) is 2. The number of carbonyl (C=O) groups excluding carboxylic acids is 2. The molecule has 0 unspecified atom stereocenters. The normalized spacial score (nSPS) is 11.3. The number of methoxy groups -OCH3 is 1. The fraction of sp³-hybridized carbons (Fsp3) is 0.115. The highest BCUT2D eigenvalue weighted by atomic mass is 35.5. The lowest BCUT2D eigenvalue weighted by Crippen LogP contribution is -2.13. The number of aryl methyl sites for hydroxylation is 1. The second kappa shape index (κ2) is 11.6. The summed E-state index contributed by atoms with van der Waals surface area (Å²) >= 11 is 6.31. The van der Waals surface area contributed by atoms with Crippen molar-refractivity contribution in [1.29, 1.82) is 5.26 Å². The molecule has 3 aromatic rings. The molecule has 0 aromatic heterocycles. The van der Waals surface area contributed by atoms with Gasteiger partial charge in [-0.2, -0.15) is 13.7 Å². The summed E-state index contributed by atoms with van der Waals surface area (Å²) in [6, 6.07) is 17.0. The largest absolute Gasteiger partial charge is 0.493 e. The summed E-state index contributed by atoms with van der Waals surface area (Å²) in [7, 11) is -3.03. The highest BCUT2D eigenvalue weighted by molar-refractivity contribution is 7.87. The first-order valence-corrected chi connectivity index (χ1v) is 12.5. The van der Waals surface area contributed by atoms with Gasteiger partial charge in [-0.25, -0.2) is 0 Å². The van der Waals surface area contributed by atoms with Crippen molar-refractivity contribution in [2.75, 3.05) is 17.7 Å². The molecule has 0 saturated heterocycles. The fourth-order valence-electron chi connectivity index (χ4n) is 3.12. The van der Waals surface area contributed by atoms with E-state index in [1.807, 2.05) is 25.1 Å². The topological polar surface area (TPSA) is 135 Å². The molecule has 190 valence electrons. The lowest BCUT2D eigenvalue weighted by molar-refractivity contribution is -0.114. The quantitative estimate of drug-likeness (QED) is 0.235. The van der Waals surface area contributed by atoms with Crippen molar-refractivity contribution < 1.29 is 26.9 Å². The summed E-state index contributed by atoms with van der Waals surface area (Å²) in [6.45, 7) is 3.24. The second-order valence-corrected chi connectivity index (χ2v) is 9.72. The van der Waals surface area contributed by atoms with Gasteiger partial charge < -0.3 is 19.6 Å². The summed E-state index contributed by atoms with van der Waals surface area (Å²) < 4.78 is 36.1. The molecule has 0 saturated carbocycles. The van der Waals surface area contributed by atoms with E-state index in [9.17, 15) is 23.3 Å². The lowest BCUT2D eigenvalue weighted by atomic mass is 10.1. The van der Waals surface area contributed by atoms with Gasteiger partial charge in [0.1, 0.15) is 16.5 Å². The molecular formula is C26H22ClN3O6S. The van der Waals surface area contributed by atoms with Crippen molar-refractivity contribution >= 4 is 51.0 Å². The van der Waals surface area contributed by atoms with Crippen LogP contribution in [-0.2, 0) is 19.7 Å². The average molecular weight is 540 g/mol. The predicted molar refractivity (Wildman–Crippen MR) is 140 cm³/mol. The first kappa shape index (κ1) is 27.3. The molecule has 2 N–H and O–H groups in total. The maximum atomic E-state index is 12.8. The van der Waals surface area contributed by atoms with E-state index in [0.717, 1.165) is 5.56 Å². The Kier molecular flexibility index (Phi) is 8.55. The molecule has 0 aliphatic carbocycles. The zero-order valence-corrected chi connectivity index (χ0v) is 21.6. The monoisotopic (exact) mass is 539 g/mol. The predicted octanol–water partition coefficient (Wildman–Crippen LogP) is 4.93. The van der Waals surface area contributed by atoms with E-state index in [4.69, 9.17) is 20.5 Å². The van der Waals surface area contributed by atoms with Gasteiger partial charge in [0.2, 0.25) is 11.7 Å². The van der Waals surface area contributed by atoms with Gasteiger partial charge in [0.05, 0.1) is 12.1 Å². The second-order valence-electron chi connectivity index (χ2n) is 7.77. The van der Waals surface area contributed by atoms with Gasteiger partial charge in [-0.05, 0) is 67.1 Å². The van der Waals surface area contributed by atoms with Gasteiger partial charge in [0.15, 0.2) is 5.75 Å². The van der Waals surface area contributed by atoms with E-state index in [2.05, 4.69) is 10.6 Å². The number of halogens is 1. The van der Waals surface area contributed by atoms with Crippen LogP contribution >= 0.6 is 11.6 Å². The van der Waals surface area contributed by atoms with Crippen molar-refractivity contribution in [1.82, 2.24) is 0 Å². The molecule has 0 atom stereocenters. The Morgan fingerprint density at radius 2 is 1.59 bits per heavy atom. The fourth-order valence-corrected chi connectivity index (χ4v) is 4.38. The third-order valence-corrected chi connectivity index (χ3v) is 6.41. The van der Waals surface area contributed by atoms with Crippen LogP contribution in [0.25, 0.3) is 6.08 Å². The van der Waals surface area contributed by atoms with E-state index in [1.165, 1.54) is 56.5 Å². The Morgan fingerprint density at radius 3 is 2.16 bits per heavy atom. The van der Waals surface area contributed by atoms with E-state index in [1.54, 1.807) is 12.1 Å². The number of nitrogens with zero attached hydrogens (tertiary/aromatic N) is 1. The van der Waals surface area contributed by atoms with Gasteiger partial charge in [-0.3, -0.25) is 9.59 Å². The van der Waals surface area contributed by atoms with Gasteiger partial charge in [0.25, 0.3) is 5.91 Å². The van der Waals surface area contributed by atoms with E-state index < -0.39 is 16.0 Å². The number of amides is 2. The molecule has 3 aromatic carbocycles. The number of nitriles is 1. The minimum absolute atomic E-state index is 0.0339. The number of rotatable bonds is 8. The first-order chi connectivity index (χ1) is 17.5. The minimum atomic E-state index is -4.31. The third-order valence-electron chi connectivity index (χ3n) is 4.89. The van der Waals surface area contributed by atoms with Crippen LogP contribution in [0.5, 0.6) is 11.5 Å². The Labute approximate surface area is 219 Å². The molecule has 0 spiro atoms. The van der Waals surface area contributed by atoms with Crippen LogP contribution in [-0.4, -0.2) is 27.3 Å². The van der Waals surface area contributed by atoms with Gasteiger partial charge >= 0.3 is 10.1 Å². The highest BCUT2D eigenvalue weighted by Gasteiger charge is 2.22. The van der Waals surface area contributed by atoms with Crippen LogP contribution in [0.2, 0.25) is 5.02 Å². The van der Waals surface area contributed by atoms with Crippen molar-refractivity contribution in [2.45, 2.75) is 18.7 Å². The average Bonchev–Trinajstić information content (AvgIpc) is 2.85. The minimum Gasteiger partial charge on any atom is -0.493 e. The molecule has 3 rings (SSSR count). The Bertz CT molecular complexity index is 1510. The highest BCUT2D eigenvalue weighted by Crippen LogP contribution is 2.39. The first-order valence-electron chi connectivity index (χ1n) is 10.7. The number of anilines is 2. The summed E-state index contributed by atoms with van der Waals surface area (Å²) in [5, 5.41) is 14.6. The summed E-state index contributed by atoms with van der Waals surface area (Å²) in [6.07, 6.45) is 1.29. The molecule has 0 aliphatic heterocycles. The van der Waals surface area contributed by atoms with E-state index >= 15 is 0 Å². The molecule has 2 amide bonds. The number of benzene rings is 3. The molecule has 37 heavy (non-hydrogen) atoms. The number of carbonyl (C=O) groups is 2. The van der Waals surface area contributed by atoms with Gasteiger partial charge in [0, 0.05) is 18.3 Å². The smallest absolute Gasteiger partial charge is 0.339 e. The number of hydrogen-bond acceptors (Lipinski definition) is 7. The van der Waals surface area contributed by atoms with Crippen LogP contribution in [0.15, 0.2) is 71.1 Å². The standard InChI is InChI=1S/C26H22ClN3O6S/c1-16-4-6-21(7-5-16)30-26(32)19(15-28)12-18-13-23(27)25(24(14-18)35-3)36-37(33,34)22-10-8-20(9-11-22)29-17(2)31/h4-14H,1-3H3,(H,29,31)(H,30,32)/b19-12+. The van der Waals surface area contributed by atoms with Gasteiger partial charge in [-0.1, -0.05) is 29.3 Å². The molecule has 0 fully saturated rings. The molecule has 9 nitrogen and oxygen atoms in total. The molecule has 0 bridgehead atoms. The van der Waals surface area contributed by atoms with Crippen LogP contribution < -0.4 is 19.6 Å². The van der Waals surface area contributed by atoms with Crippen molar-refractivity contribution in [2.24, 2.45) is 0 Å². The Hall–Kier alpha value is -4.33. The molecule has 0 radical (unpaired) electrons. The molecule has 11 heteroatoms. The van der Waals surface area contributed by atoms with Crippen molar-refractivity contribution in [3.05, 3.63) is 82.4 Å². The maximum absolute atomic E-state index is 12.8. The van der Waals surface area contributed by atoms with Crippen molar-refractivity contribution in [3.63, 3.8) is 0 Å². The van der Waals surface area contributed by atoms with Crippen LogP contribution in [0, 0.1) is 18.3 Å². The third kappa shape index (κ3) is 7.10. The molecular weight excluding hydrogens is 518 g/mol. The molecule has 0 heterocycles. The Morgan fingerprint density at radius 1 is 1.00 bits per heavy atom. The molecule has 0 aliphatic rings. The van der Waals surface area contributed by atoms with Gasteiger partial charge in [-0.15, -0.1) is 0 Å². The van der Waals surface area contributed by atoms with Crippen LogP contribution in [0.4, 0.5) is 11.4 Å². The lowest BCUT2D eigenvalue weighted by Gasteiger charge is -2.14. The maximum Gasteiger partial charge on any atom is 0.339 e. The summed E-state index contributed by atoms with van der Waals surface area (Å²) in [5.41, 5.74) is 2.05. The number of hydrogen-bond donors (Lipinski definition) is 2.